The minimum Gasteiger partial charge on any atom is -0.392 e. The number of anilines is 1. The monoisotopic (exact) mass is 478 g/mol. The van der Waals surface area contributed by atoms with E-state index in [4.69, 9.17) is 0 Å². The van der Waals surface area contributed by atoms with Gasteiger partial charge in [-0.2, -0.15) is 0 Å². The first-order valence-electron chi connectivity index (χ1n) is 12.8. The van der Waals surface area contributed by atoms with Gasteiger partial charge in [0.05, 0.1) is 12.1 Å². The molecule has 188 valence electrons. The molecule has 7 heteroatoms. The lowest BCUT2D eigenvalue weighted by Crippen LogP contribution is -2.51. The Labute approximate surface area is 208 Å². The number of nitrogens with zero attached hydrogens (tertiary/aromatic N) is 2. The highest BCUT2D eigenvalue weighted by Crippen LogP contribution is 2.32. The predicted octanol–water partition coefficient (Wildman–Crippen LogP) is 3.63. The number of aromatic nitrogens is 1. The van der Waals surface area contributed by atoms with E-state index in [9.17, 15) is 14.7 Å². The van der Waals surface area contributed by atoms with Gasteiger partial charge < -0.3 is 15.7 Å². The molecule has 1 aliphatic heterocycles. The summed E-state index contributed by atoms with van der Waals surface area (Å²) in [7, 11) is 0. The molecule has 2 heterocycles. The largest absolute Gasteiger partial charge is 0.392 e. The van der Waals surface area contributed by atoms with Crippen LogP contribution in [0.5, 0.6) is 0 Å². The second-order valence-corrected chi connectivity index (χ2v) is 10.9. The van der Waals surface area contributed by atoms with Crippen molar-refractivity contribution >= 4 is 17.5 Å². The van der Waals surface area contributed by atoms with Crippen LogP contribution in [-0.4, -0.2) is 46.6 Å². The molecule has 1 aromatic heterocycles. The summed E-state index contributed by atoms with van der Waals surface area (Å²) < 4.78 is 0. The molecule has 4 rings (SSSR count). The standard InChI is InChI=1S/C28H38N4O3/c1-28(2,3)20-11-13-22(14-12-20)32(27(35)24-16-23(33)18-30-24)25(19-8-7-15-29-17-19)26(34)31-21-9-5-4-6-10-21/h7-8,11-15,17,21,23-25,30,33H,4-6,9-10,16,18H2,1-3H3,(H,31,34). The number of β-amino-alcohol motifs (C(OH)–C–C–N with tert-alkyl or cyclic N) is 1. The Balaban J connectivity index is 1.74. The molecule has 0 radical (unpaired) electrons. The predicted molar refractivity (Wildman–Crippen MR) is 137 cm³/mol. The molecule has 1 aromatic carbocycles. The third kappa shape index (κ3) is 6.08. The van der Waals surface area contributed by atoms with Crippen LogP contribution >= 0.6 is 0 Å². The molecule has 2 amide bonds. The van der Waals surface area contributed by atoms with Gasteiger partial charge >= 0.3 is 0 Å². The van der Waals surface area contributed by atoms with Gasteiger partial charge in [0.25, 0.3) is 0 Å². The van der Waals surface area contributed by atoms with E-state index in [1.807, 2.05) is 30.3 Å². The molecular weight excluding hydrogens is 440 g/mol. The molecule has 3 N–H and O–H groups in total. The van der Waals surface area contributed by atoms with Crippen LogP contribution < -0.4 is 15.5 Å². The molecule has 0 bridgehead atoms. The van der Waals surface area contributed by atoms with Crippen LogP contribution in [0.4, 0.5) is 5.69 Å². The molecule has 1 aliphatic carbocycles. The second-order valence-electron chi connectivity index (χ2n) is 10.9. The van der Waals surface area contributed by atoms with Gasteiger partial charge in [-0.1, -0.05) is 58.2 Å². The van der Waals surface area contributed by atoms with Crippen molar-refractivity contribution in [3.05, 3.63) is 59.9 Å². The smallest absolute Gasteiger partial charge is 0.248 e. The van der Waals surface area contributed by atoms with Gasteiger partial charge in [0.1, 0.15) is 6.04 Å². The van der Waals surface area contributed by atoms with Crippen molar-refractivity contribution in [1.29, 1.82) is 0 Å². The van der Waals surface area contributed by atoms with E-state index in [1.165, 1.54) is 6.42 Å². The van der Waals surface area contributed by atoms with Gasteiger partial charge in [-0.3, -0.25) is 19.5 Å². The summed E-state index contributed by atoms with van der Waals surface area (Å²) in [5.41, 5.74) is 2.42. The molecule has 2 aromatic rings. The lowest BCUT2D eigenvalue weighted by Gasteiger charge is -2.35. The summed E-state index contributed by atoms with van der Waals surface area (Å²) in [5.74, 6) is -0.422. The average Bonchev–Trinajstić information content (AvgIpc) is 3.29. The fourth-order valence-electron chi connectivity index (χ4n) is 5.08. The van der Waals surface area contributed by atoms with Gasteiger partial charge in [-0.05, 0) is 48.4 Å². The highest BCUT2D eigenvalue weighted by Gasteiger charge is 2.39. The number of rotatable bonds is 6. The maximum absolute atomic E-state index is 13.9. The van der Waals surface area contributed by atoms with Crippen molar-refractivity contribution in [2.24, 2.45) is 0 Å². The van der Waals surface area contributed by atoms with Gasteiger partial charge in [0.15, 0.2) is 0 Å². The van der Waals surface area contributed by atoms with Gasteiger partial charge in [0, 0.05) is 36.2 Å². The molecule has 0 spiro atoms. The lowest BCUT2D eigenvalue weighted by atomic mass is 9.87. The lowest BCUT2D eigenvalue weighted by molar-refractivity contribution is -0.128. The maximum atomic E-state index is 13.9. The Hall–Kier alpha value is -2.77. The van der Waals surface area contributed by atoms with Gasteiger partial charge in [0.2, 0.25) is 11.8 Å². The normalized spacial score (nSPS) is 21.9. The molecule has 1 saturated carbocycles. The number of pyridine rings is 1. The number of carbonyl (C=O) groups is 2. The zero-order valence-corrected chi connectivity index (χ0v) is 21.0. The average molecular weight is 479 g/mol. The zero-order valence-electron chi connectivity index (χ0n) is 21.0. The van der Waals surface area contributed by atoms with E-state index in [0.717, 1.165) is 31.2 Å². The van der Waals surface area contributed by atoms with Gasteiger partial charge in [-0.25, -0.2) is 0 Å². The van der Waals surface area contributed by atoms with E-state index in [2.05, 4.69) is 36.4 Å². The summed E-state index contributed by atoms with van der Waals surface area (Å²) in [6, 6.07) is 10.2. The summed E-state index contributed by atoms with van der Waals surface area (Å²) in [5, 5.41) is 16.4. The molecular formula is C28H38N4O3. The first-order valence-corrected chi connectivity index (χ1v) is 12.8. The van der Waals surface area contributed by atoms with Gasteiger partial charge in [-0.15, -0.1) is 0 Å². The van der Waals surface area contributed by atoms with E-state index < -0.39 is 18.2 Å². The number of benzene rings is 1. The molecule has 1 saturated heterocycles. The van der Waals surface area contributed by atoms with Crippen molar-refractivity contribution in [3.8, 4) is 0 Å². The highest BCUT2D eigenvalue weighted by molar-refractivity contribution is 6.04. The first kappa shape index (κ1) is 25.3. The Morgan fingerprint density at radius 3 is 2.40 bits per heavy atom. The number of carbonyl (C=O) groups excluding carboxylic acids is 2. The van der Waals surface area contributed by atoms with E-state index in [-0.39, 0.29) is 23.3 Å². The highest BCUT2D eigenvalue weighted by atomic mass is 16.3. The van der Waals surface area contributed by atoms with E-state index in [1.54, 1.807) is 23.4 Å². The molecule has 2 aliphatic rings. The Kier molecular flexibility index (Phi) is 7.87. The van der Waals surface area contributed by atoms with Crippen LogP contribution in [0.2, 0.25) is 0 Å². The van der Waals surface area contributed by atoms with E-state index >= 15 is 0 Å². The zero-order chi connectivity index (χ0) is 25.0. The Morgan fingerprint density at radius 1 is 1.11 bits per heavy atom. The van der Waals surface area contributed by atoms with Crippen molar-refractivity contribution in [1.82, 2.24) is 15.6 Å². The molecule has 35 heavy (non-hydrogen) atoms. The number of nitrogens with one attached hydrogen (secondary N) is 2. The SMILES string of the molecule is CC(C)(C)c1ccc(N(C(=O)C2CC(O)CN2)C(C(=O)NC2CCCCC2)c2cccnc2)cc1. The topological polar surface area (TPSA) is 94.6 Å². The maximum Gasteiger partial charge on any atom is 0.248 e. The second kappa shape index (κ2) is 10.9. The van der Waals surface area contributed by atoms with Crippen molar-refractivity contribution in [2.75, 3.05) is 11.4 Å². The fraction of sp³-hybridized carbons (Fsp3) is 0.536. The van der Waals surface area contributed by atoms with Crippen LogP contribution in [0.15, 0.2) is 48.8 Å². The summed E-state index contributed by atoms with van der Waals surface area (Å²) in [6.07, 6.45) is 8.36. The van der Waals surface area contributed by atoms with Crippen LogP contribution in [0, 0.1) is 0 Å². The number of aliphatic hydroxyl groups is 1. The Morgan fingerprint density at radius 2 is 1.83 bits per heavy atom. The summed E-state index contributed by atoms with van der Waals surface area (Å²) in [4.78, 5) is 33.6. The third-order valence-corrected chi connectivity index (χ3v) is 7.11. The minimum atomic E-state index is -0.863. The molecule has 3 atom stereocenters. The van der Waals surface area contributed by atoms with E-state index in [0.29, 0.717) is 24.2 Å². The van der Waals surface area contributed by atoms with Crippen molar-refractivity contribution in [2.45, 2.75) is 88.9 Å². The number of aliphatic hydroxyl groups excluding tert-OH is 1. The minimum absolute atomic E-state index is 0.0361. The Bertz CT molecular complexity index is 997. The number of amides is 2. The van der Waals surface area contributed by atoms with Crippen LogP contribution in [0.25, 0.3) is 0 Å². The first-order chi connectivity index (χ1) is 16.7. The summed E-state index contributed by atoms with van der Waals surface area (Å²) >= 11 is 0. The number of hydrogen-bond donors (Lipinski definition) is 3. The van der Waals surface area contributed by atoms with Crippen molar-refractivity contribution < 1.29 is 14.7 Å². The third-order valence-electron chi connectivity index (χ3n) is 7.11. The number of hydrogen-bond acceptors (Lipinski definition) is 5. The summed E-state index contributed by atoms with van der Waals surface area (Å²) in [6.45, 7) is 6.79. The van der Waals surface area contributed by atoms with Crippen LogP contribution in [0.3, 0.4) is 0 Å². The van der Waals surface area contributed by atoms with Crippen molar-refractivity contribution in [3.63, 3.8) is 0 Å². The molecule has 2 fully saturated rings. The molecule has 7 nitrogen and oxygen atoms in total. The fourth-order valence-corrected chi connectivity index (χ4v) is 5.08. The van der Waals surface area contributed by atoms with Crippen LogP contribution in [0.1, 0.15) is 76.5 Å². The van der Waals surface area contributed by atoms with Crippen LogP contribution in [-0.2, 0) is 15.0 Å². The molecule has 3 unspecified atom stereocenters. The quantitative estimate of drug-likeness (QED) is 0.590.